The van der Waals surface area contributed by atoms with E-state index in [2.05, 4.69) is 98.3 Å². The summed E-state index contributed by atoms with van der Waals surface area (Å²) in [4.78, 5) is 2.23. The molecule has 2 aromatic carbocycles. The van der Waals surface area contributed by atoms with Crippen molar-refractivity contribution in [3.8, 4) is 0 Å². The van der Waals surface area contributed by atoms with Gasteiger partial charge in [0.05, 0.1) is 0 Å². The monoisotopic (exact) mass is 327 g/mol. The molecule has 1 aliphatic carbocycles. The molecule has 0 aliphatic heterocycles. The van der Waals surface area contributed by atoms with Crippen LogP contribution in [0.25, 0.3) is 24.3 Å². The molecular formula is C24H25N. The van der Waals surface area contributed by atoms with E-state index < -0.39 is 0 Å². The van der Waals surface area contributed by atoms with Crippen LogP contribution in [0.4, 0.5) is 11.4 Å². The van der Waals surface area contributed by atoms with Gasteiger partial charge in [-0.05, 0) is 47.7 Å². The Labute approximate surface area is 151 Å². The molecular weight excluding hydrogens is 302 g/mol. The second-order valence-corrected chi connectivity index (χ2v) is 6.43. The fraction of sp³-hybridized carbons (Fsp3) is 0.167. The third-order valence-electron chi connectivity index (χ3n) is 4.64. The highest BCUT2D eigenvalue weighted by Gasteiger charge is 2.12. The number of allylic oxidation sites excluding steroid dienone is 3. The van der Waals surface area contributed by atoms with Crippen LogP contribution < -0.4 is 4.90 Å². The van der Waals surface area contributed by atoms with Crippen molar-refractivity contribution in [2.75, 3.05) is 11.9 Å². The topological polar surface area (TPSA) is 3.24 Å². The van der Waals surface area contributed by atoms with E-state index in [1.54, 1.807) is 0 Å². The fourth-order valence-electron chi connectivity index (χ4n) is 3.19. The molecule has 1 nitrogen and oxygen atoms in total. The van der Waals surface area contributed by atoms with Crippen molar-refractivity contribution < 1.29 is 0 Å². The summed E-state index contributed by atoms with van der Waals surface area (Å²) in [6.45, 7) is 8.26. The van der Waals surface area contributed by atoms with E-state index in [9.17, 15) is 0 Å². The van der Waals surface area contributed by atoms with Gasteiger partial charge in [-0.3, -0.25) is 0 Å². The molecule has 0 N–H and O–H groups in total. The van der Waals surface area contributed by atoms with Gasteiger partial charge in [0.1, 0.15) is 0 Å². The maximum absolute atomic E-state index is 4.02. The number of benzene rings is 2. The summed E-state index contributed by atoms with van der Waals surface area (Å²) in [7, 11) is 2.11. The number of nitrogens with zero attached hydrogens (tertiary/aromatic N) is 1. The van der Waals surface area contributed by atoms with Crippen molar-refractivity contribution in [1.82, 2.24) is 0 Å². The van der Waals surface area contributed by atoms with Crippen LogP contribution in [0.1, 0.15) is 36.1 Å². The summed E-state index contributed by atoms with van der Waals surface area (Å²) in [5, 5.41) is 0. The third kappa shape index (κ3) is 3.51. The first-order chi connectivity index (χ1) is 12.1. The molecule has 2 aromatic rings. The molecule has 1 unspecified atom stereocenters. The van der Waals surface area contributed by atoms with Gasteiger partial charge < -0.3 is 4.90 Å². The average molecular weight is 327 g/mol. The molecule has 0 fully saturated rings. The second kappa shape index (κ2) is 7.40. The number of fused-ring (bicyclic) bond motifs is 1. The van der Waals surface area contributed by atoms with E-state index in [1.165, 1.54) is 22.4 Å². The van der Waals surface area contributed by atoms with Crippen molar-refractivity contribution in [1.29, 1.82) is 0 Å². The number of hydrogen-bond acceptors (Lipinski definition) is 1. The summed E-state index contributed by atoms with van der Waals surface area (Å²) < 4.78 is 0. The van der Waals surface area contributed by atoms with Crippen LogP contribution in [0.3, 0.4) is 0 Å². The zero-order valence-corrected chi connectivity index (χ0v) is 15.2. The fourth-order valence-corrected chi connectivity index (χ4v) is 3.19. The lowest BCUT2D eigenvalue weighted by molar-refractivity contribution is 0.954. The van der Waals surface area contributed by atoms with Gasteiger partial charge in [-0.15, -0.1) is 0 Å². The Morgan fingerprint density at radius 1 is 1.04 bits per heavy atom. The van der Waals surface area contributed by atoms with Crippen molar-refractivity contribution >= 4 is 35.7 Å². The summed E-state index contributed by atoms with van der Waals surface area (Å²) in [5.41, 5.74) is 7.20. The maximum atomic E-state index is 4.02. The van der Waals surface area contributed by atoms with Gasteiger partial charge in [0.25, 0.3) is 0 Å². The first-order valence-corrected chi connectivity index (χ1v) is 8.76. The van der Waals surface area contributed by atoms with E-state index >= 15 is 0 Å². The summed E-state index contributed by atoms with van der Waals surface area (Å²) in [5.74, 6) is 0.471. The Balaban J connectivity index is 2.04. The lowest BCUT2D eigenvalue weighted by Crippen LogP contribution is -2.11. The lowest BCUT2D eigenvalue weighted by atomic mass is 10.0. The predicted molar refractivity (Wildman–Crippen MR) is 113 cm³/mol. The van der Waals surface area contributed by atoms with E-state index in [1.807, 2.05) is 13.0 Å². The number of anilines is 2. The molecule has 25 heavy (non-hydrogen) atoms. The maximum Gasteiger partial charge on any atom is 0.0487 e. The van der Waals surface area contributed by atoms with Crippen molar-refractivity contribution in [3.05, 3.63) is 83.5 Å². The number of rotatable bonds is 4. The molecule has 0 spiro atoms. The highest BCUT2D eigenvalue weighted by molar-refractivity contribution is 5.81. The van der Waals surface area contributed by atoms with Crippen molar-refractivity contribution in [3.63, 3.8) is 0 Å². The van der Waals surface area contributed by atoms with E-state index in [4.69, 9.17) is 0 Å². The molecule has 0 radical (unpaired) electrons. The summed E-state index contributed by atoms with van der Waals surface area (Å²) >= 11 is 0. The van der Waals surface area contributed by atoms with Gasteiger partial charge in [0.2, 0.25) is 0 Å². The molecule has 126 valence electrons. The highest BCUT2D eigenvalue weighted by Crippen LogP contribution is 2.33. The second-order valence-electron chi connectivity index (χ2n) is 6.43. The Kier molecular flexibility index (Phi) is 5.04. The standard InChI is InChI=1S/C24H25N/c1-5-8-20-9-7-10-24(23(20)6-2)25(4)22-16-15-19-13-11-18(3)12-14-21(19)17-22/h5-18H,2H2,1,3-4H3/b8-5-. The molecule has 1 aliphatic rings. The lowest BCUT2D eigenvalue weighted by Gasteiger charge is -2.23. The SMILES string of the molecule is C=Cc1c(/C=C\C)cccc1N(C)c1ccc2c(c1)C=CC(C)C=C2. The van der Waals surface area contributed by atoms with Crippen LogP contribution in [0.2, 0.25) is 0 Å². The summed E-state index contributed by atoms with van der Waals surface area (Å²) in [6.07, 6.45) is 15.0. The van der Waals surface area contributed by atoms with Gasteiger partial charge >= 0.3 is 0 Å². The van der Waals surface area contributed by atoms with Crippen LogP contribution in [0.15, 0.2) is 61.2 Å². The van der Waals surface area contributed by atoms with Crippen LogP contribution in [0.5, 0.6) is 0 Å². The minimum atomic E-state index is 0.471. The van der Waals surface area contributed by atoms with Gasteiger partial charge in [-0.2, -0.15) is 0 Å². The van der Waals surface area contributed by atoms with E-state index in [-0.39, 0.29) is 0 Å². The largest absolute Gasteiger partial charge is 0.344 e. The highest BCUT2D eigenvalue weighted by atomic mass is 15.1. The molecule has 1 heteroatoms. The minimum absolute atomic E-state index is 0.471. The van der Waals surface area contributed by atoms with Gasteiger partial charge in [0, 0.05) is 24.0 Å². The molecule has 0 saturated carbocycles. The van der Waals surface area contributed by atoms with E-state index in [0.717, 1.165) is 11.3 Å². The van der Waals surface area contributed by atoms with Crippen LogP contribution in [0, 0.1) is 5.92 Å². The van der Waals surface area contributed by atoms with Gasteiger partial charge in [0.15, 0.2) is 0 Å². The quantitative estimate of drug-likeness (QED) is 0.596. The molecule has 0 heterocycles. The molecule has 0 amide bonds. The molecule has 0 bridgehead atoms. The summed E-state index contributed by atoms with van der Waals surface area (Å²) in [6, 6.07) is 13.0. The van der Waals surface area contributed by atoms with Crippen LogP contribution in [-0.4, -0.2) is 7.05 Å². The van der Waals surface area contributed by atoms with Crippen molar-refractivity contribution in [2.24, 2.45) is 5.92 Å². The Morgan fingerprint density at radius 2 is 1.80 bits per heavy atom. The van der Waals surface area contributed by atoms with Gasteiger partial charge in [-0.25, -0.2) is 0 Å². The predicted octanol–water partition coefficient (Wildman–Crippen LogP) is 6.81. The van der Waals surface area contributed by atoms with E-state index in [0.29, 0.717) is 5.92 Å². The first-order valence-electron chi connectivity index (χ1n) is 8.76. The normalized spacial score (nSPS) is 15.9. The Morgan fingerprint density at radius 3 is 2.52 bits per heavy atom. The zero-order valence-electron chi connectivity index (χ0n) is 15.2. The minimum Gasteiger partial charge on any atom is -0.344 e. The smallest absolute Gasteiger partial charge is 0.0487 e. The van der Waals surface area contributed by atoms with Crippen molar-refractivity contribution in [2.45, 2.75) is 13.8 Å². The Hall–Kier alpha value is -2.80. The molecule has 0 saturated heterocycles. The Bertz CT molecular complexity index is 868. The molecule has 0 aromatic heterocycles. The first kappa shape index (κ1) is 17.0. The number of hydrogen-bond donors (Lipinski definition) is 0. The average Bonchev–Trinajstić information content (AvgIpc) is 2.82. The molecule has 1 atom stereocenters. The van der Waals surface area contributed by atoms with Crippen LogP contribution in [-0.2, 0) is 0 Å². The van der Waals surface area contributed by atoms with Gasteiger partial charge in [-0.1, -0.05) is 74.2 Å². The molecule has 3 rings (SSSR count). The zero-order chi connectivity index (χ0) is 17.8. The van der Waals surface area contributed by atoms with Crippen LogP contribution >= 0.6 is 0 Å². The third-order valence-corrected chi connectivity index (χ3v) is 4.64.